The summed E-state index contributed by atoms with van der Waals surface area (Å²) in [6.45, 7) is 2.88. The molecular formula is C20H22N4O. The zero-order chi connectivity index (χ0) is 17.1. The molecule has 25 heavy (non-hydrogen) atoms. The molecule has 4 rings (SSSR count). The molecule has 128 valence electrons. The van der Waals surface area contributed by atoms with Crippen molar-refractivity contribution in [3.63, 3.8) is 0 Å². The molecule has 5 heteroatoms. The Morgan fingerprint density at radius 1 is 1.16 bits per heavy atom. The van der Waals surface area contributed by atoms with Gasteiger partial charge < -0.3 is 5.32 Å². The quantitative estimate of drug-likeness (QED) is 0.771. The summed E-state index contributed by atoms with van der Waals surface area (Å²) in [4.78, 5) is 15.1. The molecule has 0 saturated carbocycles. The van der Waals surface area contributed by atoms with Crippen LogP contribution in [0.2, 0.25) is 0 Å². The zero-order valence-electron chi connectivity index (χ0n) is 14.1. The van der Waals surface area contributed by atoms with Gasteiger partial charge >= 0.3 is 0 Å². The number of amides is 1. The second-order valence-corrected chi connectivity index (χ2v) is 6.65. The molecule has 0 bridgehead atoms. The monoisotopic (exact) mass is 334 g/mol. The predicted octanol–water partition coefficient (Wildman–Crippen LogP) is 2.96. The Bertz CT molecular complexity index is 858. The van der Waals surface area contributed by atoms with Gasteiger partial charge in [-0.3, -0.25) is 14.8 Å². The van der Waals surface area contributed by atoms with Gasteiger partial charge in [-0.05, 0) is 31.0 Å². The van der Waals surface area contributed by atoms with Gasteiger partial charge in [-0.25, -0.2) is 0 Å². The Kier molecular flexibility index (Phi) is 4.48. The number of nitrogens with one attached hydrogen (secondary N) is 2. The van der Waals surface area contributed by atoms with E-state index in [0.717, 1.165) is 43.4 Å². The Balaban J connectivity index is 1.41. The van der Waals surface area contributed by atoms with Crippen molar-refractivity contribution in [2.75, 3.05) is 13.1 Å². The van der Waals surface area contributed by atoms with E-state index < -0.39 is 0 Å². The molecule has 1 atom stereocenters. The number of rotatable bonds is 4. The average Bonchev–Trinajstić information content (AvgIpc) is 3.07. The number of para-hydroxylation sites is 1. The summed E-state index contributed by atoms with van der Waals surface area (Å²) < 4.78 is 0. The number of hydrogen-bond acceptors (Lipinski definition) is 3. The van der Waals surface area contributed by atoms with Crippen LogP contribution in [-0.4, -0.2) is 40.1 Å². The number of carbonyl (C=O) groups excluding carboxylic acids is 1. The van der Waals surface area contributed by atoms with E-state index in [4.69, 9.17) is 0 Å². The average molecular weight is 334 g/mol. The van der Waals surface area contributed by atoms with Gasteiger partial charge in [-0.1, -0.05) is 48.5 Å². The molecule has 0 spiro atoms. The van der Waals surface area contributed by atoms with E-state index in [1.165, 1.54) is 5.56 Å². The molecule has 2 heterocycles. The number of nitrogens with zero attached hydrogens (tertiary/aromatic N) is 2. The van der Waals surface area contributed by atoms with Crippen LogP contribution in [0.15, 0.2) is 54.6 Å². The van der Waals surface area contributed by atoms with E-state index in [1.807, 2.05) is 30.3 Å². The molecule has 1 aliphatic rings. The topological polar surface area (TPSA) is 61.0 Å². The first-order valence-electron chi connectivity index (χ1n) is 8.80. The van der Waals surface area contributed by atoms with E-state index in [1.54, 1.807) is 0 Å². The Hall–Kier alpha value is -2.66. The van der Waals surface area contributed by atoms with E-state index in [-0.39, 0.29) is 11.9 Å². The molecule has 1 fully saturated rings. The third-order valence-corrected chi connectivity index (χ3v) is 4.78. The van der Waals surface area contributed by atoms with Gasteiger partial charge in [-0.15, -0.1) is 0 Å². The summed E-state index contributed by atoms with van der Waals surface area (Å²) in [5.41, 5.74) is 2.69. The SMILES string of the molecule is O=C(NC1CCCN(Cc2ccccc2)C1)c1n[nH]c2ccccc12. The fourth-order valence-corrected chi connectivity index (χ4v) is 3.55. The molecule has 1 unspecified atom stereocenters. The fourth-order valence-electron chi connectivity index (χ4n) is 3.55. The Morgan fingerprint density at radius 2 is 1.96 bits per heavy atom. The number of H-pyrrole nitrogens is 1. The van der Waals surface area contributed by atoms with Crippen LogP contribution >= 0.6 is 0 Å². The second-order valence-electron chi connectivity index (χ2n) is 6.65. The standard InChI is InChI=1S/C20H22N4O/c25-20(19-17-10-4-5-11-18(17)22-23-19)21-16-9-6-12-24(14-16)13-15-7-2-1-3-8-15/h1-5,7-8,10-11,16H,6,9,12-14H2,(H,21,25)(H,22,23). The van der Waals surface area contributed by atoms with Gasteiger partial charge in [0.25, 0.3) is 5.91 Å². The molecule has 0 aliphatic carbocycles. The smallest absolute Gasteiger partial charge is 0.272 e. The van der Waals surface area contributed by atoms with Crippen molar-refractivity contribution in [1.82, 2.24) is 20.4 Å². The highest BCUT2D eigenvalue weighted by molar-refractivity contribution is 6.04. The van der Waals surface area contributed by atoms with Gasteiger partial charge in [0, 0.05) is 24.5 Å². The number of benzene rings is 2. The minimum absolute atomic E-state index is 0.0935. The number of piperidine rings is 1. The van der Waals surface area contributed by atoms with Crippen LogP contribution in [-0.2, 0) is 6.54 Å². The first-order chi connectivity index (χ1) is 12.3. The molecule has 1 saturated heterocycles. The van der Waals surface area contributed by atoms with Crippen molar-refractivity contribution in [3.05, 3.63) is 65.9 Å². The second kappa shape index (κ2) is 7.07. The summed E-state index contributed by atoms with van der Waals surface area (Å²) in [6, 6.07) is 18.4. The highest BCUT2D eigenvalue weighted by atomic mass is 16.2. The van der Waals surface area contributed by atoms with E-state index in [0.29, 0.717) is 5.69 Å². The van der Waals surface area contributed by atoms with E-state index in [2.05, 4.69) is 44.7 Å². The molecule has 2 aromatic carbocycles. The van der Waals surface area contributed by atoms with Crippen LogP contribution in [0.25, 0.3) is 10.9 Å². The first kappa shape index (κ1) is 15.8. The molecule has 3 aromatic rings. The Morgan fingerprint density at radius 3 is 2.84 bits per heavy atom. The largest absolute Gasteiger partial charge is 0.347 e. The summed E-state index contributed by atoms with van der Waals surface area (Å²) >= 11 is 0. The van der Waals surface area contributed by atoms with Crippen molar-refractivity contribution >= 4 is 16.8 Å². The number of fused-ring (bicyclic) bond motifs is 1. The zero-order valence-corrected chi connectivity index (χ0v) is 14.1. The molecule has 0 radical (unpaired) electrons. The van der Waals surface area contributed by atoms with Crippen molar-refractivity contribution in [3.8, 4) is 0 Å². The number of aromatic amines is 1. The lowest BCUT2D eigenvalue weighted by Crippen LogP contribution is -2.47. The summed E-state index contributed by atoms with van der Waals surface area (Å²) in [5.74, 6) is -0.0935. The lowest BCUT2D eigenvalue weighted by Gasteiger charge is -2.33. The molecule has 2 N–H and O–H groups in total. The molecule has 1 amide bonds. The highest BCUT2D eigenvalue weighted by Gasteiger charge is 2.23. The number of likely N-dealkylation sites (tertiary alicyclic amines) is 1. The lowest BCUT2D eigenvalue weighted by atomic mass is 10.0. The summed E-state index contributed by atoms with van der Waals surface area (Å²) in [5, 5.41) is 11.2. The van der Waals surface area contributed by atoms with Crippen molar-refractivity contribution in [2.45, 2.75) is 25.4 Å². The van der Waals surface area contributed by atoms with Gasteiger partial charge in [0.1, 0.15) is 0 Å². The third kappa shape index (κ3) is 3.56. The van der Waals surface area contributed by atoms with Crippen molar-refractivity contribution in [2.24, 2.45) is 0 Å². The third-order valence-electron chi connectivity index (χ3n) is 4.78. The predicted molar refractivity (Wildman–Crippen MR) is 98.3 cm³/mol. The highest BCUT2D eigenvalue weighted by Crippen LogP contribution is 2.17. The molecule has 5 nitrogen and oxygen atoms in total. The fraction of sp³-hybridized carbons (Fsp3) is 0.300. The minimum Gasteiger partial charge on any atom is -0.347 e. The van der Waals surface area contributed by atoms with E-state index in [9.17, 15) is 4.79 Å². The summed E-state index contributed by atoms with van der Waals surface area (Å²) in [6.07, 6.45) is 2.11. The van der Waals surface area contributed by atoms with Crippen LogP contribution in [0.1, 0.15) is 28.9 Å². The molecule has 1 aliphatic heterocycles. The van der Waals surface area contributed by atoms with Crippen LogP contribution in [0.4, 0.5) is 0 Å². The van der Waals surface area contributed by atoms with Crippen LogP contribution in [0.5, 0.6) is 0 Å². The number of aromatic nitrogens is 2. The van der Waals surface area contributed by atoms with Gasteiger partial charge in [-0.2, -0.15) is 5.10 Å². The normalized spacial score (nSPS) is 18.3. The van der Waals surface area contributed by atoms with Gasteiger partial charge in [0.15, 0.2) is 5.69 Å². The van der Waals surface area contributed by atoms with Crippen molar-refractivity contribution < 1.29 is 4.79 Å². The van der Waals surface area contributed by atoms with Crippen LogP contribution in [0, 0.1) is 0 Å². The van der Waals surface area contributed by atoms with Crippen molar-refractivity contribution in [1.29, 1.82) is 0 Å². The van der Waals surface area contributed by atoms with E-state index >= 15 is 0 Å². The summed E-state index contributed by atoms with van der Waals surface area (Å²) in [7, 11) is 0. The number of hydrogen-bond donors (Lipinski definition) is 2. The maximum absolute atomic E-state index is 12.6. The molecule has 1 aromatic heterocycles. The maximum atomic E-state index is 12.6. The first-order valence-corrected chi connectivity index (χ1v) is 8.80. The maximum Gasteiger partial charge on any atom is 0.272 e. The Labute approximate surface area is 147 Å². The number of carbonyl (C=O) groups is 1. The van der Waals surface area contributed by atoms with Crippen LogP contribution < -0.4 is 5.32 Å². The van der Waals surface area contributed by atoms with Gasteiger partial charge in [0.2, 0.25) is 0 Å². The van der Waals surface area contributed by atoms with Gasteiger partial charge in [0.05, 0.1) is 5.52 Å². The minimum atomic E-state index is -0.0935. The lowest BCUT2D eigenvalue weighted by molar-refractivity contribution is 0.0897. The molecular weight excluding hydrogens is 312 g/mol. The van der Waals surface area contributed by atoms with Crippen LogP contribution in [0.3, 0.4) is 0 Å².